The van der Waals surface area contributed by atoms with Gasteiger partial charge >= 0.3 is 0 Å². The monoisotopic (exact) mass is 404 g/mol. The number of hydrogen-bond acceptors (Lipinski definition) is 1. The van der Waals surface area contributed by atoms with E-state index < -0.39 is 0 Å². The van der Waals surface area contributed by atoms with Crippen molar-refractivity contribution in [2.75, 3.05) is 5.32 Å². The molecule has 1 aromatic carbocycles. The highest BCUT2D eigenvalue weighted by molar-refractivity contribution is 14.1. The SMILES string of the molecule is NC(=S)Nc1cc(I)cc(I)c1. The molecule has 0 aliphatic rings. The molecule has 5 heteroatoms. The summed E-state index contributed by atoms with van der Waals surface area (Å²) in [4.78, 5) is 0. The van der Waals surface area contributed by atoms with Gasteiger partial charge in [0.25, 0.3) is 0 Å². The van der Waals surface area contributed by atoms with Crippen LogP contribution in [0.25, 0.3) is 0 Å². The summed E-state index contributed by atoms with van der Waals surface area (Å²) < 4.78 is 2.33. The maximum atomic E-state index is 5.34. The Bertz CT molecular complexity index is 294. The molecule has 0 unspecified atom stereocenters. The first-order chi connectivity index (χ1) is 5.58. The summed E-state index contributed by atoms with van der Waals surface area (Å²) in [5, 5.41) is 3.18. The molecule has 0 radical (unpaired) electrons. The van der Waals surface area contributed by atoms with Gasteiger partial charge in [0.15, 0.2) is 5.11 Å². The van der Waals surface area contributed by atoms with E-state index >= 15 is 0 Å². The van der Waals surface area contributed by atoms with Crippen molar-refractivity contribution in [3.8, 4) is 0 Å². The molecule has 1 rings (SSSR count). The number of benzene rings is 1. The molecule has 3 N–H and O–H groups in total. The number of hydrogen-bond donors (Lipinski definition) is 2. The van der Waals surface area contributed by atoms with Gasteiger partial charge in [-0.1, -0.05) is 0 Å². The first kappa shape index (κ1) is 10.5. The Hall–Kier alpha value is 0.370. The molecule has 12 heavy (non-hydrogen) atoms. The lowest BCUT2D eigenvalue weighted by Crippen LogP contribution is -2.18. The molecule has 0 amide bonds. The van der Waals surface area contributed by atoms with Gasteiger partial charge in [-0.15, -0.1) is 0 Å². The molecule has 0 fully saturated rings. The summed E-state index contributed by atoms with van der Waals surface area (Å²) >= 11 is 9.22. The Balaban J connectivity index is 2.93. The molecule has 0 aliphatic heterocycles. The average molecular weight is 404 g/mol. The lowest BCUT2D eigenvalue weighted by molar-refractivity contribution is 1.55. The molecule has 1 aromatic rings. The van der Waals surface area contributed by atoms with Crippen molar-refractivity contribution in [3.05, 3.63) is 25.3 Å². The molecular formula is C7H6I2N2S. The zero-order chi connectivity index (χ0) is 9.14. The van der Waals surface area contributed by atoms with E-state index in [9.17, 15) is 0 Å². The Morgan fingerprint density at radius 1 is 1.25 bits per heavy atom. The molecule has 0 aliphatic carbocycles. The van der Waals surface area contributed by atoms with E-state index in [2.05, 4.69) is 56.6 Å². The van der Waals surface area contributed by atoms with Gasteiger partial charge in [0, 0.05) is 12.8 Å². The second kappa shape index (κ2) is 4.56. The standard InChI is InChI=1S/C7H6I2N2S/c8-4-1-5(9)3-6(2-4)11-7(10)12/h1-3H,(H3,10,11,12). The topological polar surface area (TPSA) is 38.0 Å². The summed E-state index contributed by atoms with van der Waals surface area (Å²) in [5.41, 5.74) is 6.28. The second-order valence-electron chi connectivity index (χ2n) is 2.15. The molecule has 0 bridgehead atoms. The number of halogens is 2. The van der Waals surface area contributed by atoms with Gasteiger partial charge in [0.1, 0.15) is 0 Å². The maximum Gasteiger partial charge on any atom is 0.168 e. The summed E-state index contributed by atoms with van der Waals surface area (Å²) in [7, 11) is 0. The summed E-state index contributed by atoms with van der Waals surface area (Å²) in [6.07, 6.45) is 0. The second-order valence-corrected chi connectivity index (χ2v) is 5.08. The third-order valence-electron chi connectivity index (χ3n) is 1.13. The van der Waals surface area contributed by atoms with Gasteiger partial charge in [-0.3, -0.25) is 0 Å². The van der Waals surface area contributed by atoms with Crippen LogP contribution in [0.1, 0.15) is 0 Å². The van der Waals surface area contributed by atoms with Crippen LogP contribution in [0.2, 0.25) is 0 Å². The minimum Gasteiger partial charge on any atom is -0.376 e. The Kier molecular flexibility index (Phi) is 3.97. The lowest BCUT2D eigenvalue weighted by atomic mass is 10.3. The van der Waals surface area contributed by atoms with Crippen LogP contribution in [0.3, 0.4) is 0 Å². The summed E-state index contributed by atoms with van der Waals surface area (Å²) in [5.74, 6) is 0. The minimum atomic E-state index is 0.299. The van der Waals surface area contributed by atoms with E-state index in [4.69, 9.17) is 18.0 Å². The van der Waals surface area contributed by atoms with Crippen molar-refractivity contribution in [3.63, 3.8) is 0 Å². The minimum absolute atomic E-state index is 0.299. The smallest absolute Gasteiger partial charge is 0.168 e. The predicted molar refractivity (Wildman–Crippen MR) is 72.3 cm³/mol. The fourth-order valence-corrected chi connectivity index (χ4v) is 2.82. The quantitative estimate of drug-likeness (QED) is 0.559. The van der Waals surface area contributed by atoms with Crippen molar-refractivity contribution in [1.29, 1.82) is 0 Å². The van der Waals surface area contributed by atoms with Crippen LogP contribution in [0.5, 0.6) is 0 Å². The average Bonchev–Trinajstić information content (AvgIpc) is 1.81. The largest absolute Gasteiger partial charge is 0.376 e. The zero-order valence-electron chi connectivity index (χ0n) is 5.97. The Labute approximate surface area is 104 Å². The molecule has 64 valence electrons. The van der Waals surface area contributed by atoms with Crippen LogP contribution in [0.4, 0.5) is 5.69 Å². The molecule has 0 saturated heterocycles. The third-order valence-corrected chi connectivity index (χ3v) is 2.48. The van der Waals surface area contributed by atoms with Crippen LogP contribution in [0.15, 0.2) is 18.2 Å². The van der Waals surface area contributed by atoms with E-state index in [0.717, 1.165) is 5.69 Å². The Morgan fingerprint density at radius 2 is 1.75 bits per heavy atom. The maximum absolute atomic E-state index is 5.34. The van der Waals surface area contributed by atoms with Crippen molar-refractivity contribution < 1.29 is 0 Å². The summed E-state index contributed by atoms with van der Waals surface area (Å²) in [6, 6.07) is 6.05. The van der Waals surface area contributed by atoms with Crippen LogP contribution < -0.4 is 11.1 Å². The first-order valence-corrected chi connectivity index (χ1v) is 5.67. The van der Waals surface area contributed by atoms with Crippen LogP contribution in [-0.4, -0.2) is 5.11 Å². The van der Waals surface area contributed by atoms with Gasteiger partial charge < -0.3 is 11.1 Å². The fraction of sp³-hybridized carbons (Fsp3) is 0. The Morgan fingerprint density at radius 3 is 2.17 bits per heavy atom. The molecule has 0 spiro atoms. The number of nitrogens with two attached hydrogens (primary N) is 1. The highest BCUT2D eigenvalue weighted by Crippen LogP contribution is 2.17. The van der Waals surface area contributed by atoms with E-state index in [1.54, 1.807) is 0 Å². The number of nitrogens with one attached hydrogen (secondary N) is 1. The molecule has 0 atom stereocenters. The van der Waals surface area contributed by atoms with Gasteiger partial charge in [0.2, 0.25) is 0 Å². The molecule has 0 aromatic heterocycles. The highest BCUT2D eigenvalue weighted by Gasteiger charge is 1.96. The third kappa shape index (κ3) is 3.40. The van der Waals surface area contributed by atoms with E-state index in [1.807, 2.05) is 12.1 Å². The normalized spacial score (nSPS) is 9.50. The highest BCUT2D eigenvalue weighted by atomic mass is 127. The molecule has 0 heterocycles. The van der Waals surface area contributed by atoms with Gasteiger partial charge in [-0.05, 0) is 75.6 Å². The molecule has 0 saturated carbocycles. The van der Waals surface area contributed by atoms with E-state index in [0.29, 0.717) is 5.11 Å². The van der Waals surface area contributed by atoms with E-state index in [1.165, 1.54) is 7.14 Å². The fourth-order valence-electron chi connectivity index (χ4n) is 0.768. The number of rotatable bonds is 1. The van der Waals surface area contributed by atoms with Crippen molar-refractivity contribution >= 4 is 68.2 Å². The van der Waals surface area contributed by atoms with E-state index in [-0.39, 0.29) is 0 Å². The van der Waals surface area contributed by atoms with Gasteiger partial charge in [-0.25, -0.2) is 0 Å². The van der Waals surface area contributed by atoms with Crippen molar-refractivity contribution in [2.24, 2.45) is 5.73 Å². The summed E-state index contributed by atoms with van der Waals surface area (Å²) in [6.45, 7) is 0. The number of thiocarbonyl (C=S) groups is 1. The van der Waals surface area contributed by atoms with Gasteiger partial charge in [-0.2, -0.15) is 0 Å². The van der Waals surface area contributed by atoms with Crippen LogP contribution >= 0.6 is 57.4 Å². The number of anilines is 1. The van der Waals surface area contributed by atoms with Crippen LogP contribution in [0, 0.1) is 7.14 Å². The molecular weight excluding hydrogens is 398 g/mol. The van der Waals surface area contributed by atoms with Gasteiger partial charge in [0.05, 0.1) is 0 Å². The van der Waals surface area contributed by atoms with Crippen LogP contribution in [-0.2, 0) is 0 Å². The zero-order valence-corrected chi connectivity index (χ0v) is 11.1. The van der Waals surface area contributed by atoms with Crippen molar-refractivity contribution in [1.82, 2.24) is 0 Å². The first-order valence-electron chi connectivity index (χ1n) is 3.10. The molecule has 2 nitrogen and oxygen atoms in total. The predicted octanol–water partition coefficient (Wildman–Crippen LogP) is 2.55. The van der Waals surface area contributed by atoms with Crippen molar-refractivity contribution in [2.45, 2.75) is 0 Å². The lowest BCUT2D eigenvalue weighted by Gasteiger charge is -2.04.